The molecule has 0 N–H and O–H groups in total. The lowest BCUT2D eigenvalue weighted by atomic mass is 10.0. The zero-order chi connectivity index (χ0) is 70.4. The van der Waals surface area contributed by atoms with Crippen molar-refractivity contribution in [3.05, 3.63) is 249 Å². The lowest BCUT2D eigenvalue weighted by Gasteiger charge is -2.29. The minimum absolute atomic E-state index is 0. The maximum Gasteiger partial charge on any atom is 0.0964 e. The molecule has 548 valence electrons. The molecule has 0 fully saturated rings. The molecular weight excluding hydrogens is 1260 g/mol. The number of fused-ring (bicyclic) bond motifs is 12. The van der Waals surface area contributed by atoms with Gasteiger partial charge in [-0.1, -0.05) is 340 Å². The second kappa shape index (κ2) is 42.4. The van der Waals surface area contributed by atoms with Gasteiger partial charge in [0.1, 0.15) is 0 Å². The van der Waals surface area contributed by atoms with Crippen LogP contribution in [0, 0.1) is 27.1 Å². The minimum Gasteiger partial charge on any atom is -0.344 e. The summed E-state index contributed by atoms with van der Waals surface area (Å²) in [5.41, 5.74) is 15.6. The van der Waals surface area contributed by atoms with Gasteiger partial charge in [-0.15, -0.1) is 0 Å². The van der Waals surface area contributed by atoms with Crippen LogP contribution in [0.15, 0.2) is 259 Å². The number of hydrogen-bond acceptors (Lipinski definition) is 7. The van der Waals surface area contributed by atoms with E-state index < -0.39 is 0 Å². The van der Waals surface area contributed by atoms with Crippen LogP contribution in [0.2, 0.25) is 0 Å². The van der Waals surface area contributed by atoms with E-state index in [9.17, 15) is 0 Å². The second-order valence-electron chi connectivity index (χ2n) is 32.0. The highest BCUT2D eigenvalue weighted by molar-refractivity contribution is 7.99. The van der Waals surface area contributed by atoms with Crippen LogP contribution in [0.25, 0.3) is 87.5 Å². The fraction of sp³-hybridized carbons (Fsp3) is 0.351. The van der Waals surface area contributed by atoms with Crippen molar-refractivity contribution in [2.24, 2.45) is 34.1 Å². The normalized spacial score (nSPS) is 10.9. The number of anilines is 2. The Morgan fingerprint density at radius 2 is 0.510 bits per heavy atom. The summed E-state index contributed by atoms with van der Waals surface area (Å²) in [7, 11) is 4.24. The first kappa shape index (κ1) is 93.0. The van der Waals surface area contributed by atoms with E-state index in [0.717, 1.165) is 54.9 Å². The number of nitrogens with zero attached hydrogens (tertiary/aromatic N) is 7. The van der Waals surface area contributed by atoms with E-state index in [4.69, 9.17) is 0 Å². The molecule has 0 unspecified atom stereocenters. The van der Waals surface area contributed by atoms with E-state index >= 15 is 0 Å². The van der Waals surface area contributed by atoms with Gasteiger partial charge in [-0.3, -0.25) is 9.97 Å². The number of rotatable bonds is 0. The van der Waals surface area contributed by atoms with Gasteiger partial charge >= 0.3 is 0 Å². The first-order valence-electron chi connectivity index (χ1n) is 33.5. The lowest BCUT2D eigenvalue weighted by molar-refractivity contribution is 0.469. The summed E-state index contributed by atoms with van der Waals surface area (Å²) in [6.45, 7) is 43.8. The molecule has 0 amide bonds. The molecule has 14 aromatic rings. The summed E-state index contributed by atoms with van der Waals surface area (Å²) in [4.78, 5) is 27.2. The molecular formula is C94H131N7S. The molecule has 0 bridgehead atoms. The van der Waals surface area contributed by atoms with Crippen LogP contribution in [0.5, 0.6) is 0 Å². The molecule has 15 rings (SSSR count). The third-order valence-electron chi connectivity index (χ3n) is 12.5. The van der Waals surface area contributed by atoms with Crippen LogP contribution in [0.3, 0.4) is 0 Å². The van der Waals surface area contributed by atoms with Gasteiger partial charge in [0.15, 0.2) is 0 Å². The largest absolute Gasteiger partial charge is 0.344 e. The Morgan fingerprint density at radius 3 is 0.833 bits per heavy atom. The van der Waals surface area contributed by atoms with Crippen LogP contribution in [0.4, 0.5) is 11.4 Å². The van der Waals surface area contributed by atoms with Crippen LogP contribution in [0.1, 0.15) is 183 Å². The molecule has 6 heterocycles. The topological polar surface area (TPSA) is 72.6 Å². The summed E-state index contributed by atoms with van der Waals surface area (Å²) in [6, 6.07) is 80.6. The molecule has 0 aliphatic carbocycles. The maximum atomic E-state index is 4.58. The summed E-state index contributed by atoms with van der Waals surface area (Å²) >= 11 is 1.84. The number of para-hydroxylation sites is 10. The molecule has 1 aliphatic heterocycles. The zero-order valence-electron chi connectivity index (χ0n) is 61.7. The van der Waals surface area contributed by atoms with E-state index in [0.29, 0.717) is 27.1 Å². The van der Waals surface area contributed by atoms with Crippen molar-refractivity contribution in [1.29, 1.82) is 0 Å². The minimum atomic E-state index is 0. The average Bonchev–Trinajstić information content (AvgIpc) is 1.53. The third-order valence-corrected chi connectivity index (χ3v) is 13.6. The summed E-state index contributed by atoms with van der Waals surface area (Å²) in [6.07, 6.45) is 3.60. The number of pyridine rings is 3. The highest BCUT2D eigenvalue weighted by atomic mass is 32.2. The molecule has 8 heteroatoms. The molecule has 0 radical (unpaired) electrons. The number of aryl methyl sites for hydroxylation is 1. The average molecular weight is 1390 g/mol. The Balaban J connectivity index is 0.00000114. The lowest BCUT2D eigenvalue weighted by Crippen LogP contribution is -2.14. The standard InChI is InChI=1S/C13H11NS.C13H11N.C13H9N.2C12H8N2.5C5H12.6CH4/c1-14-10-6-2-4-8-12(10)15-13-9-5-3-7-11(13)14;1-14-12-8-4-2-6-10(12)11-7-3-5-9-13(11)14;1-3-7-12-10(5-1)9-11-6-2-4-8-13(11)14-12;1-3-9-5-6-10-4-2-8-14-12(10)11(9)13-7-1;1-2-6-10-9(5-1)13-11-7-3-4-8-12(11)14-10;5*1-5(2,3)4;;;;;;/h2-9H,1H3;2-9H,1H3;1-9H;2*1-8H;5*1-4H3;6*1H4. The maximum absolute atomic E-state index is 4.58. The second-order valence-corrected chi connectivity index (χ2v) is 33.1. The molecule has 0 spiro atoms. The van der Waals surface area contributed by atoms with E-state index in [2.05, 4.69) is 326 Å². The molecule has 0 atom stereocenters. The molecule has 5 aromatic heterocycles. The van der Waals surface area contributed by atoms with E-state index in [-0.39, 0.29) is 44.6 Å². The van der Waals surface area contributed by atoms with Gasteiger partial charge in [0.2, 0.25) is 0 Å². The monoisotopic (exact) mass is 1390 g/mol. The van der Waals surface area contributed by atoms with Crippen LogP contribution < -0.4 is 4.90 Å². The summed E-state index contributed by atoms with van der Waals surface area (Å²) in [5, 5.41) is 7.35. The number of benzene rings is 9. The van der Waals surface area contributed by atoms with Crippen LogP contribution in [-0.4, -0.2) is 36.5 Å². The summed E-state index contributed by atoms with van der Waals surface area (Å²) < 4.78 is 2.24. The highest BCUT2D eigenvalue weighted by Crippen LogP contribution is 2.47. The Labute approximate surface area is 624 Å². The molecule has 7 nitrogen and oxygen atoms in total. The van der Waals surface area contributed by atoms with E-state index in [1.54, 1.807) is 12.4 Å². The predicted molar refractivity (Wildman–Crippen MR) is 465 cm³/mol. The fourth-order valence-corrected chi connectivity index (χ4v) is 10.1. The van der Waals surface area contributed by atoms with Gasteiger partial charge in [-0.05, 0) is 118 Å². The number of hydrogen-bond donors (Lipinski definition) is 0. The Bertz CT molecular complexity index is 4110. The van der Waals surface area contributed by atoms with Gasteiger partial charge < -0.3 is 9.47 Å². The Hall–Kier alpha value is -8.98. The third kappa shape index (κ3) is 32.8. The van der Waals surface area contributed by atoms with E-state index in [1.165, 1.54) is 53.7 Å². The van der Waals surface area contributed by atoms with Gasteiger partial charge in [0.05, 0.1) is 55.5 Å². The van der Waals surface area contributed by atoms with Gasteiger partial charge in [0.25, 0.3) is 0 Å². The highest BCUT2D eigenvalue weighted by Gasteiger charge is 2.19. The van der Waals surface area contributed by atoms with Gasteiger partial charge in [0, 0.05) is 79.6 Å². The first-order valence-corrected chi connectivity index (χ1v) is 34.3. The van der Waals surface area contributed by atoms with Crippen molar-refractivity contribution in [2.75, 3.05) is 11.9 Å². The molecule has 0 saturated carbocycles. The molecule has 102 heavy (non-hydrogen) atoms. The SMILES string of the molecule is C.C.C.C.C.C.CC(C)(C)C.CC(C)(C)C.CC(C)(C)C.CC(C)(C)C.CC(C)(C)C.CN1c2ccccc2Sc2ccccc21.Cn1c2ccccc2c2ccccc21.c1ccc2nc3ccccc3cc2c1.c1ccc2nc3ccccc3nc2c1.c1cnc2c(c1)ccc1cccnc12. The van der Waals surface area contributed by atoms with E-state index in [1.807, 2.05) is 109 Å². The quantitative estimate of drug-likeness (QED) is 0.111. The fourth-order valence-electron chi connectivity index (χ4n) is 8.97. The Kier molecular flexibility index (Phi) is 38.7. The van der Waals surface area contributed by atoms with Crippen molar-refractivity contribution < 1.29 is 0 Å². The molecule has 0 saturated heterocycles. The zero-order valence-corrected chi connectivity index (χ0v) is 62.5. The van der Waals surface area contributed by atoms with Crippen molar-refractivity contribution in [1.82, 2.24) is 29.5 Å². The van der Waals surface area contributed by atoms with Crippen molar-refractivity contribution >= 4 is 111 Å². The van der Waals surface area contributed by atoms with Crippen LogP contribution >= 0.6 is 11.8 Å². The number of aromatic nitrogens is 6. The van der Waals surface area contributed by atoms with Crippen LogP contribution in [-0.2, 0) is 7.05 Å². The molecule has 1 aliphatic rings. The Morgan fingerprint density at radius 1 is 0.265 bits per heavy atom. The predicted octanol–water partition coefficient (Wildman–Crippen LogP) is 30.3. The molecule has 9 aromatic carbocycles. The summed E-state index contributed by atoms with van der Waals surface area (Å²) in [5.74, 6) is 0. The van der Waals surface area contributed by atoms with Gasteiger partial charge in [-0.25, -0.2) is 15.0 Å². The van der Waals surface area contributed by atoms with Crippen molar-refractivity contribution in [3.63, 3.8) is 0 Å². The van der Waals surface area contributed by atoms with Gasteiger partial charge in [-0.2, -0.15) is 0 Å². The first-order chi connectivity index (χ1) is 45.1. The van der Waals surface area contributed by atoms with Crippen molar-refractivity contribution in [3.8, 4) is 0 Å². The van der Waals surface area contributed by atoms with Crippen molar-refractivity contribution in [2.45, 2.75) is 193 Å². The smallest absolute Gasteiger partial charge is 0.0964 e.